The van der Waals surface area contributed by atoms with E-state index in [1.165, 1.54) is 19.4 Å². The van der Waals surface area contributed by atoms with E-state index >= 15 is 0 Å². The summed E-state index contributed by atoms with van der Waals surface area (Å²) in [6.45, 7) is 6.56. The van der Waals surface area contributed by atoms with Crippen LogP contribution in [-0.4, -0.2) is 13.1 Å². The van der Waals surface area contributed by atoms with Crippen molar-refractivity contribution in [3.63, 3.8) is 0 Å². The first-order valence-electron chi connectivity index (χ1n) is 4.51. The molecule has 1 fully saturated rings. The third-order valence-corrected chi connectivity index (χ3v) is 1.87. The van der Waals surface area contributed by atoms with Gasteiger partial charge < -0.3 is 5.32 Å². The summed E-state index contributed by atoms with van der Waals surface area (Å²) in [7, 11) is 0. The number of rotatable bonds is 0. The lowest BCUT2D eigenvalue weighted by atomic mass is 10.00. The summed E-state index contributed by atoms with van der Waals surface area (Å²) in [4.78, 5) is 0. The zero-order valence-corrected chi connectivity index (χ0v) is 7.48. The van der Waals surface area contributed by atoms with Crippen molar-refractivity contribution in [1.82, 2.24) is 5.32 Å². The fourth-order valence-corrected chi connectivity index (χ4v) is 1.26. The minimum Gasteiger partial charge on any atom is -0.316 e. The Hall–Kier alpha value is -0.480. The van der Waals surface area contributed by atoms with Crippen molar-refractivity contribution in [3.05, 3.63) is 0 Å². The van der Waals surface area contributed by atoms with Gasteiger partial charge in [0, 0.05) is 18.4 Å². The molecule has 1 rings (SSSR count). The van der Waals surface area contributed by atoms with E-state index in [-0.39, 0.29) is 0 Å². The van der Waals surface area contributed by atoms with E-state index in [0.29, 0.717) is 11.8 Å². The normalized spacial score (nSPS) is 24.5. The van der Waals surface area contributed by atoms with Crippen LogP contribution in [0.4, 0.5) is 0 Å². The zero-order valence-electron chi connectivity index (χ0n) is 7.48. The summed E-state index contributed by atoms with van der Waals surface area (Å²) >= 11 is 0. The SMILES string of the molecule is CC(C)C#CC1CCCNC1. The minimum atomic E-state index is 0.525. The van der Waals surface area contributed by atoms with E-state index in [0.717, 1.165) is 6.54 Å². The van der Waals surface area contributed by atoms with E-state index in [1.54, 1.807) is 0 Å². The topological polar surface area (TPSA) is 12.0 Å². The number of nitrogens with one attached hydrogen (secondary N) is 1. The molecule has 1 unspecified atom stereocenters. The molecule has 1 heterocycles. The standard InChI is InChI=1S/C10H17N/c1-9(2)5-6-10-4-3-7-11-8-10/h9-11H,3-4,7-8H2,1-2H3. The smallest absolute Gasteiger partial charge is 0.0328 e. The molecular weight excluding hydrogens is 134 g/mol. The maximum atomic E-state index is 3.36. The van der Waals surface area contributed by atoms with Crippen LogP contribution in [0.2, 0.25) is 0 Å². The highest BCUT2D eigenvalue weighted by atomic mass is 14.9. The van der Waals surface area contributed by atoms with Crippen molar-refractivity contribution < 1.29 is 0 Å². The lowest BCUT2D eigenvalue weighted by Gasteiger charge is -2.17. The van der Waals surface area contributed by atoms with Crippen LogP contribution >= 0.6 is 0 Å². The van der Waals surface area contributed by atoms with Gasteiger partial charge in [0.25, 0.3) is 0 Å². The van der Waals surface area contributed by atoms with Crippen LogP contribution in [0.5, 0.6) is 0 Å². The van der Waals surface area contributed by atoms with Gasteiger partial charge in [-0.05, 0) is 19.4 Å². The molecule has 1 N–H and O–H groups in total. The first-order valence-corrected chi connectivity index (χ1v) is 4.51. The van der Waals surface area contributed by atoms with Gasteiger partial charge in [-0.1, -0.05) is 19.8 Å². The molecule has 0 radical (unpaired) electrons. The molecule has 1 atom stereocenters. The van der Waals surface area contributed by atoms with E-state index in [9.17, 15) is 0 Å². The maximum Gasteiger partial charge on any atom is 0.0328 e. The fourth-order valence-electron chi connectivity index (χ4n) is 1.26. The van der Waals surface area contributed by atoms with Crippen LogP contribution in [0, 0.1) is 23.7 Å². The second-order valence-electron chi connectivity index (χ2n) is 3.49. The second-order valence-corrected chi connectivity index (χ2v) is 3.49. The minimum absolute atomic E-state index is 0.525. The molecule has 0 aromatic carbocycles. The summed E-state index contributed by atoms with van der Waals surface area (Å²) in [6.07, 6.45) is 2.57. The van der Waals surface area contributed by atoms with Crippen molar-refractivity contribution in [2.45, 2.75) is 26.7 Å². The van der Waals surface area contributed by atoms with Crippen molar-refractivity contribution in [2.75, 3.05) is 13.1 Å². The number of hydrogen-bond acceptors (Lipinski definition) is 1. The highest BCUT2D eigenvalue weighted by molar-refractivity contribution is 5.06. The molecule has 0 saturated carbocycles. The number of piperidine rings is 1. The van der Waals surface area contributed by atoms with Gasteiger partial charge >= 0.3 is 0 Å². The molecule has 1 heteroatoms. The Labute approximate surface area is 69.6 Å². The third kappa shape index (κ3) is 3.43. The number of hydrogen-bond donors (Lipinski definition) is 1. The molecule has 0 bridgehead atoms. The van der Waals surface area contributed by atoms with Gasteiger partial charge in [-0.25, -0.2) is 0 Å². The van der Waals surface area contributed by atoms with E-state index < -0.39 is 0 Å². The van der Waals surface area contributed by atoms with Crippen LogP contribution < -0.4 is 5.32 Å². The van der Waals surface area contributed by atoms with Crippen molar-refractivity contribution in [2.24, 2.45) is 11.8 Å². The summed E-state index contributed by atoms with van der Waals surface area (Å²) in [5.74, 6) is 7.68. The zero-order chi connectivity index (χ0) is 8.10. The predicted octanol–water partition coefficient (Wildman–Crippen LogP) is 1.65. The molecular formula is C10H17N. The molecule has 0 aromatic heterocycles. The monoisotopic (exact) mass is 151 g/mol. The van der Waals surface area contributed by atoms with Crippen LogP contribution in [0.25, 0.3) is 0 Å². The summed E-state index contributed by atoms with van der Waals surface area (Å²) in [6, 6.07) is 0. The molecule has 0 amide bonds. The van der Waals surface area contributed by atoms with Crippen molar-refractivity contribution in [3.8, 4) is 11.8 Å². The van der Waals surface area contributed by atoms with Crippen LogP contribution in [0.3, 0.4) is 0 Å². The van der Waals surface area contributed by atoms with Crippen molar-refractivity contribution >= 4 is 0 Å². The van der Waals surface area contributed by atoms with Crippen LogP contribution in [-0.2, 0) is 0 Å². The average Bonchev–Trinajstić information content (AvgIpc) is 2.03. The third-order valence-electron chi connectivity index (χ3n) is 1.87. The molecule has 1 saturated heterocycles. The Morgan fingerprint density at radius 3 is 2.82 bits per heavy atom. The first kappa shape index (κ1) is 8.62. The largest absolute Gasteiger partial charge is 0.316 e. The van der Waals surface area contributed by atoms with Gasteiger partial charge in [0.05, 0.1) is 0 Å². The maximum absolute atomic E-state index is 3.36. The molecule has 11 heavy (non-hydrogen) atoms. The van der Waals surface area contributed by atoms with Gasteiger partial charge in [0.15, 0.2) is 0 Å². The second kappa shape index (κ2) is 4.41. The van der Waals surface area contributed by atoms with Gasteiger partial charge in [-0.15, -0.1) is 5.92 Å². The van der Waals surface area contributed by atoms with Gasteiger partial charge in [0.2, 0.25) is 0 Å². The Kier molecular flexibility index (Phi) is 3.45. The van der Waals surface area contributed by atoms with Gasteiger partial charge in [0.1, 0.15) is 0 Å². The Balaban J connectivity index is 2.31. The van der Waals surface area contributed by atoms with Crippen molar-refractivity contribution in [1.29, 1.82) is 0 Å². The van der Waals surface area contributed by atoms with E-state index in [1.807, 2.05) is 0 Å². The Bertz CT molecular complexity index is 155. The van der Waals surface area contributed by atoms with Crippen LogP contribution in [0.1, 0.15) is 26.7 Å². The van der Waals surface area contributed by atoms with E-state index in [2.05, 4.69) is 31.0 Å². The average molecular weight is 151 g/mol. The summed E-state index contributed by atoms with van der Waals surface area (Å²) in [5, 5.41) is 3.36. The van der Waals surface area contributed by atoms with E-state index in [4.69, 9.17) is 0 Å². The summed E-state index contributed by atoms with van der Waals surface area (Å²) < 4.78 is 0. The molecule has 62 valence electrons. The molecule has 0 spiro atoms. The van der Waals surface area contributed by atoms with Crippen LogP contribution in [0.15, 0.2) is 0 Å². The lowest BCUT2D eigenvalue weighted by molar-refractivity contribution is 0.448. The Morgan fingerprint density at radius 2 is 2.27 bits per heavy atom. The lowest BCUT2D eigenvalue weighted by Crippen LogP contribution is -2.28. The molecule has 0 aromatic rings. The van der Waals surface area contributed by atoms with Gasteiger partial charge in [-0.3, -0.25) is 0 Å². The summed E-state index contributed by atoms with van der Waals surface area (Å²) in [5.41, 5.74) is 0. The molecule has 1 nitrogen and oxygen atoms in total. The highest BCUT2D eigenvalue weighted by Crippen LogP contribution is 2.08. The first-order chi connectivity index (χ1) is 5.29. The molecule has 0 aliphatic carbocycles. The molecule has 1 aliphatic heterocycles. The van der Waals surface area contributed by atoms with Gasteiger partial charge in [-0.2, -0.15) is 0 Å². The highest BCUT2D eigenvalue weighted by Gasteiger charge is 2.08. The Morgan fingerprint density at radius 1 is 1.45 bits per heavy atom. The quantitative estimate of drug-likeness (QED) is 0.519. The predicted molar refractivity (Wildman–Crippen MR) is 48.2 cm³/mol. The molecule has 1 aliphatic rings. The fraction of sp³-hybridized carbons (Fsp3) is 0.800.